The molecule has 1 amide bonds. The maximum absolute atomic E-state index is 12.0. The zero-order valence-corrected chi connectivity index (χ0v) is 11.9. The molecule has 20 heavy (non-hydrogen) atoms. The van der Waals surface area contributed by atoms with Gasteiger partial charge in [-0.25, -0.2) is 0 Å². The van der Waals surface area contributed by atoms with Crippen LogP contribution in [0.4, 0.5) is 5.69 Å². The summed E-state index contributed by atoms with van der Waals surface area (Å²) >= 11 is 5.90. The van der Waals surface area contributed by atoms with Crippen molar-refractivity contribution in [3.05, 3.63) is 38.9 Å². The lowest BCUT2D eigenvalue weighted by molar-refractivity contribution is -0.384. The number of hydrogen-bond donors (Lipinski definition) is 1. The zero-order valence-electron chi connectivity index (χ0n) is 11.1. The van der Waals surface area contributed by atoms with Crippen LogP contribution < -0.4 is 5.32 Å². The summed E-state index contributed by atoms with van der Waals surface area (Å²) in [7, 11) is 0. The molecule has 0 aromatic heterocycles. The van der Waals surface area contributed by atoms with Gasteiger partial charge >= 0.3 is 0 Å². The zero-order chi connectivity index (χ0) is 14.5. The molecule has 1 aliphatic carbocycles. The third kappa shape index (κ3) is 3.48. The topological polar surface area (TPSA) is 72.2 Å². The highest BCUT2D eigenvalue weighted by molar-refractivity contribution is 6.35. The van der Waals surface area contributed by atoms with Crippen LogP contribution in [0.5, 0.6) is 0 Å². The molecule has 108 valence electrons. The number of halogens is 1. The molecule has 2 rings (SSSR count). The highest BCUT2D eigenvalue weighted by Crippen LogP contribution is 2.28. The molecule has 1 fully saturated rings. The molecule has 0 bridgehead atoms. The standard InChI is InChI=1S/C14H17ClN2O3/c15-13-11(6-3-7-12(13)17(19)20)14(18)16-9-8-10-4-1-2-5-10/h3,6-7,10H,1-2,4-5,8-9H2,(H,16,18). The van der Waals surface area contributed by atoms with Crippen LogP contribution in [-0.2, 0) is 0 Å². The van der Waals surface area contributed by atoms with Crippen molar-refractivity contribution in [2.75, 3.05) is 6.54 Å². The van der Waals surface area contributed by atoms with E-state index in [1.165, 1.54) is 43.9 Å². The Kier molecular flexibility index (Phi) is 4.95. The van der Waals surface area contributed by atoms with Gasteiger partial charge in [0.2, 0.25) is 0 Å². The van der Waals surface area contributed by atoms with Crippen LogP contribution in [0, 0.1) is 16.0 Å². The fourth-order valence-electron chi connectivity index (χ4n) is 2.62. The van der Waals surface area contributed by atoms with E-state index in [1.54, 1.807) is 0 Å². The second-order valence-electron chi connectivity index (χ2n) is 5.09. The molecule has 1 aromatic rings. The van der Waals surface area contributed by atoms with E-state index in [0.717, 1.165) is 6.42 Å². The maximum Gasteiger partial charge on any atom is 0.288 e. The molecule has 6 heteroatoms. The van der Waals surface area contributed by atoms with Crippen LogP contribution in [0.15, 0.2) is 18.2 Å². The van der Waals surface area contributed by atoms with Crippen molar-refractivity contribution in [2.24, 2.45) is 5.92 Å². The van der Waals surface area contributed by atoms with Crippen molar-refractivity contribution in [2.45, 2.75) is 32.1 Å². The lowest BCUT2D eigenvalue weighted by Gasteiger charge is -2.10. The first-order valence-electron chi connectivity index (χ1n) is 6.80. The number of amides is 1. The van der Waals surface area contributed by atoms with Crippen LogP contribution in [0.3, 0.4) is 0 Å². The van der Waals surface area contributed by atoms with E-state index in [4.69, 9.17) is 11.6 Å². The first-order valence-corrected chi connectivity index (χ1v) is 7.18. The molecular formula is C14H17ClN2O3. The molecule has 1 aliphatic rings. The monoisotopic (exact) mass is 296 g/mol. The summed E-state index contributed by atoms with van der Waals surface area (Å²) in [6, 6.07) is 4.26. The summed E-state index contributed by atoms with van der Waals surface area (Å²) in [5.41, 5.74) is -0.0811. The summed E-state index contributed by atoms with van der Waals surface area (Å²) in [4.78, 5) is 22.2. The third-order valence-electron chi connectivity index (χ3n) is 3.73. The second-order valence-corrected chi connectivity index (χ2v) is 5.47. The van der Waals surface area contributed by atoms with Crippen LogP contribution in [0.1, 0.15) is 42.5 Å². The van der Waals surface area contributed by atoms with Gasteiger partial charge in [0.25, 0.3) is 11.6 Å². The van der Waals surface area contributed by atoms with Crippen LogP contribution in [-0.4, -0.2) is 17.4 Å². The predicted octanol–water partition coefficient (Wildman–Crippen LogP) is 3.56. The Morgan fingerprint density at radius 2 is 2.10 bits per heavy atom. The average molecular weight is 297 g/mol. The predicted molar refractivity (Wildman–Crippen MR) is 77.0 cm³/mol. The number of nitro groups is 1. The second kappa shape index (κ2) is 6.70. The molecule has 0 spiro atoms. The number of benzene rings is 1. The van der Waals surface area contributed by atoms with Gasteiger partial charge in [-0.05, 0) is 18.4 Å². The molecule has 5 nitrogen and oxygen atoms in total. The van der Waals surface area contributed by atoms with E-state index in [0.29, 0.717) is 12.5 Å². The van der Waals surface area contributed by atoms with Gasteiger partial charge in [-0.15, -0.1) is 0 Å². The summed E-state index contributed by atoms with van der Waals surface area (Å²) in [6.07, 6.45) is 5.96. The maximum atomic E-state index is 12.0. The minimum absolute atomic E-state index is 0.101. The molecule has 1 N–H and O–H groups in total. The molecule has 0 saturated heterocycles. The van der Waals surface area contributed by atoms with Gasteiger partial charge in [0.05, 0.1) is 10.5 Å². The molecule has 1 aromatic carbocycles. The van der Waals surface area contributed by atoms with Crippen LogP contribution in [0.2, 0.25) is 5.02 Å². The Bertz CT molecular complexity index is 513. The Balaban J connectivity index is 1.95. The molecule has 0 unspecified atom stereocenters. The highest BCUT2D eigenvalue weighted by Gasteiger charge is 2.20. The fraction of sp³-hybridized carbons (Fsp3) is 0.500. The SMILES string of the molecule is O=C(NCCC1CCCC1)c1cccc([N+](=O)[O-])c1Cl. The largest absolute Gasteiger partial charge is 0.352 e. The van der Waals surface area contributed by atoms with E-state index >= 15 is 0 Å². The van der Waals surface area contributed by atoms with E-state index in [-0.39, 0.29) is 22.2 Å². The minimum Gasteiger partial charge on any atom is -0.352 e. The van der Waals surface area contributed by atoms with Gasteiger partial charge in [0, 0.05) is 12.6 Å². The normalized spacial score (nSPS) is 15.2. The lowest BCUT2D eigenvalue weighted by atomic mass is 10.0. The number of carbonyl (C=O) groups is 1. The molecule has 0 atom stereocenters. The number of nitro benzene ring substituents is 1. The average Bonchev–Trinajstić information content (AvgIpc) is 2.91. The molecule has 0 aliphatic heterocycles. The lowest BCUT2D eigenvalue weighted by Crippen LogP contribution is -2.26. The fourth-order valence-corrected chi connectivity index (χ4v) is 2.90. The molecular weight excluding hydrogens is 280 g/mol. The van der Waals surface area contributed by atoms with Gasteiger partial charge < -0.3 is 5.32 Å². The number of hydrogen-bond acceptors (Lipinski definition) is 3. The van der Waals surface area contributed by atoms with Crippen molar-refractivity contribution in [3.63, 3.8) is 0 Å². The highest BCUT2D eigenvalue weighted by atomic mass is 35.5. The van der Waals surface area contributed by atoms with Crippen molar-refractivity contribution >= 4 is 23.2 Å². The third-order valence-corrected chi connectivity index (χ3v) is 4.13. The summed E-state index contributed by atoms with van der Waals surface area (Å²) in [6.45, 7) is 0.586. The smallest absolute Gasteiger partial charge is 0.288 e. The Morgan fingerprint density at radius 1 is 1.40 bits per heavy atom. The van der Waals surface area contributed by atoms with E-state index in [1.807, 2.05) is 0 Å². The Morgan fingerprint density at radius 3 is 2.75 bits per heavy atom. The first-order chi connectivity index (χ1) is 9.59. The van der Waals surface area contributed by atoms with Crippen LogP contribution in [0.25, 0.3) is 0 Å². The van der Waals surface area contributed by atoms with Gasteiger partial charge in [-0.2, -0.15) is 0 Å². The Labute approximate surface area is 122 Å². The van der Waals surface area contributed by atoms with Crippen molar-refractivity contribution in [3.8, 4) is 0 Å². The number of nitrogens with one attached hydrogen (secondary N) is 1. The minimum atomic E-state index is -0.586. The van der Waals surface area contributed by atoms with Crippen LogP contribution >= 0.6 is 11.6 Å². The Hall–Kier alpha value is -1.62. The van der Waals surface area contributed by atoms with E-state index in [2.05, 4.69) is 5.32 Å². The summed E-state index contributed by atoms with van der Waals surface area (Å²) in [5.74, 6) is 0.340. The van der Waals surface area contributed by atoms with E-state index < -0.39 is 4.92 Å². The molecule has 0 radical (unpaired) electrons. The number of carbonyl (C=O) groups excluding carboxylic acids is 1. The first kappa shape index (κ1) is 14.8. The quantitative estimate of drug-likeness (QED) is 0.667. The van der Waals surface area contributed by atoms with Crippen molar-refractivity contribution in [1.82, 2.24) is 5.32 Å². The molecule has 0 heterocycles. The molecule has 1 saturated carbocycles. The van der Waals surface area contributed by atoms with Gasteiger partial charge in [-0.3, -0.25) is 14.9 Å². The number of rotatable bonds is 5. The van der Waals surface area contributed by atoms with Gasteiger partial charge in [0.15, 0.2) is 0 Å². The van der Waals surface area contributed by atoms with Crippen molar-refractivity contribution < 1.29 is 9.72 Å². The van der Waals surface area contributed by atoms with Crippen molar-refractivity contribution in [1.29, 1.82) is 0 Å². The van der Waals surface area contributed by atoms with E-state index in [9.17, 15) is 14.9 Å². The summed E-state index contributed by atoms with van der Waals surface area (Å²) in [5, 5.41) is 13.5. The summed E-state index contributed by atoms with van der Waals surface area (Å²) < 4.78 is 0. The number of nitrogens with zero attached hydrogens (tertiary/aromatic N) is 1. The van der Waals surface area contributed by atoms with Gasteiger partial charge in [-0.1, -0.05) is 43.4 Å². The van der Waals surface area contributed by atoms with Gasteiger partial charge in [0.1, 0.15) is 5.02 Å².